The third-order valence-electron chi connectivity index (χ3n) is 3.10. The summed E-state index contributed by atoms with van der Waals surface area (Å²) in [5.74, 6) is -0.926. The molecule has 0 radical (unpaired) electrons. The molecule has 104 valence electrons. The molecule has 0 aliphatic carbocycles. The molecular weight excluding hydrogens is 252 g/mol. The number of nitrogens with zero attached hydrogens (tertiary/aromatic N) is 2. The van der Waals surface area contributed by atoms with E-state index < -0.39 is 5.97 Å². The van der Waals surface area contributed by atoms with Gasteiger partial charge < -0.3 is 9.67 Å². The molecular formula is C16H18N2O2. The van der Waals surface area contributed by atoms with Crippen molar-refractivity contribution in [1.82, 2.24) is 4.57 Å². The van der Waals surface area contributed by atoms with Crippen molar-refractivity contribution in [2.75, 3.05) is 0 Å². The number of carbonyl (C=O) groups is 1. The Morgan fingerprint density at radius 1 is 1.30 bits per heavy atom. The summed E-state index contributed by atoms with van der Waals surface area (Å²) in [7, 11) is 0. The zero-order valence-electron chi connectivity index (χ0n) is 11.9. The van der Waals surface area contributed by atoms with Gasteiger partial charge in [0, 0.05) is 29.7 Å². The molecule has 1 heterocycles. The van der Waals surface area contributed by atoms with E-state index in [1.807, 2.05) is 0 Å². The van der Waals surface area contributed by atoms with E-state index in [0.29, 0.717) is 6.04 Å². The molecule has 1 aromatic heterocycles. The number of carboxylic acids is 1. The average Bonchev–Trinajstić information content (AvgIpc) is 2.78. The van der Waals surface area contributed by atoms with Crippen molar-refractivity contribution in [1.29, 1.82) is 0 Å². The molecule has 0 atom stereocenters. The number of carboxylic acid groups (broad SMARTS) is 1. The zero-order valence-corrected chi connectivity index (χ0v) is 11.9. The molecule has 2 rings (SSSR count). The van der Waals surface area contributed by atoms with Gasteiger partial charge in [0.2, 0.25) is 0 Å². The fourth-order valence-electron chi connectivity index (χ4n) is 2.08. The Morgan fingerprint density at radius 3 is 2.45 bits per heavy atom. The van der Waals surface area contributed by atoms with Crippen LogP contribution in [0.5, 0.6) is 0 Å². The van der Waals surface area contributed by atoms with Crippen molar-refractivity contribution in [2.45, 2.75) is 26.8 Å². The fraction of sp³-hybridized carbons (Fsp3) is 0.250. The van der Waals surface area contributed by atoms with E-state index in [1.165, 1.54) is 5.69 Å². The number of aromatic nitrogens is 1. The van der Waals surface area contributed by atoms with Crippen LogP contribution in [-0.4, -0.2) is 21.9 Å². The molecule has 0 bridgehead atoms. The maximum atomic E-state index is 10.8. The molecule has 0 saturated carbocycles. The number of hydrogen-bond donors (Lipinski definition) is 1. The Hall–Kier alpha value is -2.36. The van der Waals surface area contributed by atoms with Gasteiger partial charge in [-0.3, -0.25) is 4.99 Å². The molecule has 0 saturated heterocycles. The molecule has 0 aliphatic rings. The maximum absolute atomic E-state index is 10.8. The quantitative estimate of drug-likeness (QED) is 0.858. The van der Waals surface area contributed by atoms with Crippen molar-refractivity contribution in [2.24, 2.45) is 4.99 Å². The van der Waals surface area contributed by atoms with Gasteiger partial charge in [0.25, 0.3) is 0 Å². The summed E-state index contributed by atoms with van der Waals surface area (Å²) in [4.78, 5) is 15.1. The summed E-state index contributed by atoms with van der Waals surface area (Å²) < 4.78 is 2.19. The van der Waals surface area contributed by atoms with Gasteiger partial charge in [0.1, 0.15) is 0 Å². The van der Waals surface area contributed by atoms with E-state index in [0.717, 1.165) is 11.3 Å². The van der Waals surface area contributed by atoms with Crippen molar-refractivity contribution in [3.63, 3.8) is 0 Å². The van der Waals surface area contributed by atoms with Gasteiger partial charge in [-0.25, -0.2) is 4.79 Å². The van der Waals surface area contributed by atoms with Crippen molar-refractivity contribution in [3.05, 3.63) is 53.3 Å². The number of benzene rings is 1. The first-order chi connectivity index (χ1) is 9.47. The Kier molecular flexibility index (Phi) is 4.03. The van der Waals surface area contributed by atoms with Crippen LogP contribution < -0.4 is 0 Å². The molecule has 1 aromatic carbocycles. The lowest BCUT2D eigenvalue weighted by Gasteiger charge is -2.08. The highest BCUT2D eigenvalue weighted by atomic mass is 16.4. The highest BCUT2D eigenvalue weighted by Gasteiger charge is 2.04. The Morgan fingerprint density at radius 2 is 1.95 bits per heavy atom. The zero-order chi connectivity index (χ0) is 14.7. The van der Waals surface area contributed by atoms with Crippen LogP contribution in [0.3, 0.4) is 0 Å². The predicted molar refractivity (Wildman–Crippen MR) is 80.2 cm³/mol. The van der Waals surface area contributed by atoms with Crippen LogP contribution in [0.15, 0.2) is 41.5 Å². The lowest BCUT2D eigenvalue weighted by Crippen LogP contribution is -2.00. The van der Waals surface area contributed by atoms with Crippen LogP contribution in [0.25, 0.3) is 0 Å². The molecule has 4 nitrogen and oxygen atoms in total. The first-order valence-electron chi connectivity index (χ1n) is 6.53. The Bertz CT molecular complexity index is 637. The summed E-state index contributed by atoms with van der Waals surface area (Å²) in [5.41, 5.74) is 3.25. The third kappa shape index (κ3) is 3.15. The smallest absolute Gasteiger partial charge is 0.335 e. The number of aliphatic imine (C=N–C) groups is 1. The standard InChI is InChI=1S/C16H18N2O2/c1-11(2)18-10-13(8-12(18)3)9-17-15-6-4-14(5-7-15)16(19)20/h4-11H,1-3H3,(H,19,20). The van der Waals surface area contributed by atoms with E-state index in [9.17, 15) is 4.79 Å². The van der Waals surface area contributed by atoms with Crippen molar-refractivity contribution < 1.29 is 9.90 Å². The first kappa shape index (κ1) is 14.1. The number of aryl methyl sites for hydroxylation is 1. The molecule has 0 amide bonds. The number of aromatic carboxylic acids is 1. The highest BCUT2D eigenvalue weighted by Crippen LogP contribution is 2.16. The van der Waals surface area contributed by atoms with Crippen LogP contribution >= 0.6 is 0 Å². The first-order valence-corrected chi connectivity index (χ1v) is 6.53. The second-order valence-electron chi connectivity index (χ2n) is 5.03. The van der Waals surface area contributed by atoms with Crippen LogP contribution in [0, 0.1) is 6.92 Å². The van der Waals surface area contributed by atoms with Crippen molar-refractivity contribution >= 4 is 17.9 Å². The number of rotatable bonds is 4. The summed E-state index contributed by atoms with van der Waals surface area (Å²) in [6, 6.07) is 9.01. The molecule has 20 heavy (non-hydrogen) atoms. The summed E-state index contributed by atoms with van der Waals surface area (Å²) in [5, 5.41) is 8.83. The Balaban J connectivity index is 2.16. The van der Waals surface area contributed by atoms with Gasteiger partial charge in [-0.1, -0.05) is 0 Å². The van der Waals surface area contributed by atoms with E-state index >= 15 is 0 Å². The minimum Gasteiger partial charge on any atom is -0.478 e. The van der Waals surface area contributed by atoms with Crippen LogP contribution in [0.4, 0.5) is 5.69 Å². The lowest BCUT2D eigenvalue weighted by atomic mass is 10.2. The monoisotopic (exact) mass is 270 g/mol. The molecule has 2 aromatic rings. The molecule has 1 N–H and O–H groups in total. The molecule has 4 heteroatoms. The normalized spacial score (nSPS) is 11.4. The van der Waals surface area contributed by atoms with Gasteiger partial charge in [0.05, 0.1) is 11.3 Å². The van der Waals surface area contributed by atoms with E-state index in [4.69, 9.17) is 5.11 Å². The molecule has 0 spiro atoms. The summed E-state index contributed by atoms with van der Waals surface area (Å²) >= 11 is 0. The molecule has 0 unspecified atom stereocenters. The molecule has 0 fully saturated rings. The minimum absolute atomic E-state index is 0.269. The second-order valence-corrected chi connectivity index (χ2v) is 5.03. The van der Waals surface area contributed by atoms with Crippen LogP contribution in [0.2, 0.25) is 0 Å². The maximum Gasteiger partial charge on any atom is 0.335 e. The Labute approximate surface area is 118 Å². The van der Waals surface area contributed by atoms with Gasteiger partial charge in [-0.15, -0.1) is 0 Å². The van der Waals surface area contributed by atoms with Crippen LogP contribution in [-0.2, 0) is 0 Å². The van der Waals surface area contributed by atoms with Gasteiger partial charge in [-0.2, -0.15) is 0 Å². The molecule has 0 aliphatic heterocycles. The predicted octanol–water partition coefficient (Wildman–Crippen LogP) is 3.83. The second kappa shape index (κ2) is 5.74. The van der Waals surface area contributed by atoms with Gasteiger partial charge in [-0.05, 0) is 51.1 Å². The van der Waals surface area contributed by atoms with E-state index in [1.54, 1.807) is 30.5 Å². The summed E-state index contributed by atoms with van der Waals surface area (Å²) in [6.07, 6.45) is 3.86. The minimum atomic E-state index is -0.926. The summed E-state index contributed by atoms with van der Waals surface area (Å²) in [6.45, 7) is 6.34. The number of hydrogen-bond acceptors (Lipinski definition) is 2. The van der Waals surface area contributed by atoms with E-state index in [2.05, 4.69) is 42.6 Å². The topological polar surface area (TPSA) is 54.6 Å². The van der Waals surface area contributed by atoms with Crippen LogP contribution in [0.1, 0.15) is 41.5 Å². The van der Waals surface area contributed by atoms with Crippen molar-refractivity contribution in [3.8, 4) is 0 Å². The highest BCUT2D eigenvalue weighted by molar-refractivity contribution is 5.88. The lowest BCUT2D eigenvalue weighted by molar-refractivity contribution is 0.0697. The average molecular weight is 270 g/mol. The third-order valence-corrected chi connectivity index (χ3v) is 3.10. The largest absolute Gasteiger partial charge is 0.478 e. The van der Waals surface area contributed by atoms with E-state index in [-0.39, 0.29) is 5.56 Å². The fourth-order valence-corrected chi connectivity index (χ4v) is 2.08. The van der Waals surface area contributed by atoms with Gasteiger partial charge in [0.15, 0.2) is 0 Å². The van der Waals surface area contributed by atoms with Gasteiger partial charge >= 0.3 is 5.97 Å². The SMILES string of the molecule is Cc1cc(C=Nc2ccc(C(=O)O)cc2)cn1C(C)C.